The van der Waals surface area contributed by atoms with Crippen molar-refractivity contribution in [2.45, 2.75) is 32.2 Å². The second-order valence-electron chi connectivity index (χ2n) is 5.36. The first-order chi connectivity index (χ1) is 9.34. The van der Waals surface area contributed by atoms with E-state index in [0.717, 1.165) is 18.9 Å². The van der Waals surface area contributed by atoms with Crippen molar-refractivity contribution in [3.05, 3.63) is 36.0 Å². The molecule has 1 fully saturated rings. The van der Waals surface area contributed by atoms with Gasteiger partial charge in [0.15, 0.2) is 0 Å². The predicted octanol–water partition coefficient (Wildman–Crippen LogP) is 3.10. The first-order valence-corrected chi connectivity index (χ1v) is 7.16. The molecular weight excluding hydrogens is 234 g/mol. The summed E-state index contributed by atoms with van der Waals surface area (Å²) >= 11 is 0. The molecule has 1 aromatic heterocycles. The minimum absolute atomic E-state index is 0.579. The van der Waals surface area contributed by atoms with Gasteiger partial charge in [-0.15, -0.1) is 0 Å². The number of benzene rings is 1. The van der Waals surface area contributed by atoms with Gasteiger partial charge in [0.05, 0.1) is 0 Å². The molecule has 0 radical (unpaired) electrons. The zero-order valence-electron chi connectivity index (χ0n) is 11.4. The summed E-state index contributed by atoms with van der Waals surface area (Å²) in [4.78, 5) is 4.51. The molecule has 1 aromatic carbocycles. The van der Waals surface area contributed by atoms with E-state index in [1.807, 2.05) is 6.20 Å². The number of fused-ring (bicyclic) bond motifs is 1. The molecule has 0 saturated carbocycles. The lowest BCUT2D eigenvalue weighted by Gasteiger charge is -2.24. The molecule has 100 valence electrons. The number of hydrogen-bond acceptors (Lipinski definition) is 3. The lowest BCUT2D eigenvalue weighted by atomic mass is 10.0. The molecule has 1 atom stereocenters. The van der Waals surface area contributed by atoms with Gasteiger partial charge in [-0.3, -0.25) is 0 Å². The Bertz CT molecular complexity index is 554. The molecule has 1 saturated heterocycles. The number of pyridine rings is 1. The molecule has 1 unspecified atom stereocenters. The van der Waals surface area contributed by atoms with Crippen LogP contribution in [0.4, 0.5) is 5.82 Å². The third-order valence-electron chi connectivity index (χ3n) is 3.93. The third-order valence-corrected chi connectivity index (χ3v) is 3.93. The quantitative estimate of drug-likeness (QED) is 0.885. The average molecular weight is 255 g/mol. The maximum atomic E-state index is 4.51. The smallest absolute Gasteiger partial charge is 0.134 e. The highest BCUT2D eigenvalue weighted by Crippen LogP contribution is 2.24. The molecule has 0 amide bonds. The average Bonchev–Trinajstić information content (AvgIpc) is 2.46. The largest absolute Gasteiger partial charge is 0.368 e. The number of rotatable bonds is 3. The summed E-state index contributed by atoms with van der Waals surface area (Å²) in [6, 6.07) is 9.05. The van der Waals surface area contributed by atoms with Crippen LogP contribution in [-0.4, -0.2) is 24.1 Å². The van der Waals surface area contributed by atoms with Crippen molar-refractivity contribution in [2.24, 2.45) is 0 Å². The van der Waals surface area contributed by atoms with E-state index in [9.17, 15) is 0 Å². The van der Waals surface area contributed by atoms with E-state index in [1.54, 1.807) is 0 Å². The fourth-order valence-electron chi connectivity index (χ4n) is 2.86. The summed E-state index contributed by atoms with van der Waals surface area (Å²) in [5.74, 6) is 1.02. The molecule has 0 aliphatic carbocycles. The molecule has 2 heterocycles. The van der Waals surface area contributed by atoms with Gasteiger partial charge < -0.3 is 10.6 Å². The van der Waals surface area contributed by atoms with Gasteiger partial charge >= 0.3 is 0 Å². The summed E-state index contributed by atoms with van der Waals surface area (Å²) in [6.45, 7) is 4.25. The van der Waals surface area contributed by atoms with Crippen LogP contribution in [0.25, 0.3) is 10.8 Å². The van der Waals surface area contributed by atoms with Crippen LogP contribution in [0.1, 0.15) is 24.8 Å². The monoisotopic (exact) mass is 255 g/mol. The van der Waals surface area contributed by atoms with Crippen LogP contribution in [-0.2, 0) is 0 Å². The number of piperidine rings is 1. The van der Waals surface area contributed by atoms with E-state index in [2.05, 4.69) is 46.8 Å². The molecule has 2 N–H and O–H groups in total. The summed E-state index contributed by atoms with van der Waals surface area (Å²) in [5.41, 5.74) is 1.28. The summed E-state index contributed by atoms with van der Waals surface area (Å²) in [5, 5.41) is 9.60. The Morgan fingerprint density at radius 3 is 3.11 bits per heavy atom. The fraction of sp³-hybridized carbons (Fsp3) is 0.438. The third kappa shape index (κ3) is 2.71. The van der Waals surface area contributed by atoms with E-state index in [-0.39, 0.29) is 0 Å². The molecule has 3 nitrogen and oxygen atoms in total. The lowest BCUT2D eigenvalue weighted by Crippen LogP contribution is -2.39. The first kappa shape index (κ1) is 12.4. The standard InChI is InChI=1S/C16H21N3/c1-12-5-4-6-13-8-10-18-16(15(12)13)19-11-14-7-2-3-9-17-14/h4-6,8,10,14,17H,2-3,7,9,11H2,1H3,(H,18,19). The van der Waals surface area contributed by atoms with E-state index in [4.69, 9.17) is 0 Å². The van der Waals surface area contributed by atoms with Crippen LogP contribution in [0, 0.1) is 6.92 Å². The van der Waals surface area contributed by atoms with E-state index >= 15 is 0 Å². The number of nitrogens with one attached hydrogen (secondary N) is 2. The Kier molecular flexibility index (Phi) is 3.65. The van der Waals surface area contributed by atoms with Gasteiger partial charge in [0.2, 0.25) is 0 Å². The van der Waals surface area contributed by atoms with Crippen molar-refractivity contribution in [1.29, 1.82) is 0 Å². The van der Waals surface area contributed by atoms with Crippen molar-refractivity contribution < 1.29 is 0 Å². The van der Waals surface area contributed by atoms with Crippen LogP contribution in [0.3, 0.4) is 0 Å². The van der Waals surface area contributed by atoms with Gasteiger partial charge in [-0.05, 0) is 43.3 Å². The van der Waals surface area contributed by atoms with E-state index in [0.29, 0.717) is 6.04 Å². The van der Waals surface area contributed by atoms with Crippen molar-refractivity contribution >= 4 is 16.6 Å². The van der Waals surface area contributed by atoms with Crippen LogP contribution < -0.4 is 10.6 Å². The van der Waals surface area contributed by atoms with Gasteiger partial charge in [0, 0.05) is 24.2 Å². The van der Waals surface area contributed by atoms with Crippen LogP contribution in [0.15, 0.2) is 30.5 Å². The molecule has 3 heteroatoms. The highest BCUT2D eigenvalue weighted by Gasteiger charge is 2.13. The van der Waals surface area contributed by atoms with Crippen molar-refractivity contribution in [2.75, 3.05) is 18.4 Å². The molecular formula is C16H21N3. The Morgan fingerprint density at radius 2 is 2.26 bits per heavy atom. The number of anilines is 1. The number of nitrogens with zero attached hydrogens (tertiary/aromatic N) is 1. The molecule has 0 spiro atoms. The summed E-state index contributed by atoms with van der Waals surface area (Å²) < 4.78 is 0. The van der Waals surface area contributed by atoms with Crippen LogP contribution >= 0.6 is 0 Å². The summed E-state index contributed by atoms with van der Waals surface area (Å²) in [6.07, 6.45) is 5.79. The zero-order chi connectivity index (χ0) is 13.1. The van der Waals surface area contributed by atoms with Crippen LogP contribution in [0.5, 0.6) is 0 Å². The minimum Gasteiger partial charge on any atom is -0.368 e. The number of hydrogen-bond donors (Lipinski definition) is 2. The Balaban J connectivity index is 1.80. The van der Waals surface area contributed by atoms with Gasteiger partial charge in [0.25, 0.3) is 0 Å². The Labute approximate surface area is 114 Å². The highest BCUT2D eigenvalue weighted by atomic mass is 15.0. The van der Waals surface area contributed by atoms with E-state index in [1.165, 1.54) is 35.6 Å². The summed E-state index contributed by atoms with van der Waals surface area (Å²) in [7, 11) is 0. The molecule has 2 aromatic rings. The second kappa shape index (κ2) is 5.57. The lowest BCUT2D eigenvalue weighted by molar-refractivity contribution is 0.414. The molecule has 0 bridgehead atoms. The number of aryl methyl sites for hydroxylation is 1. The molecule has 3 rings (SSSR count). The zero-order valence-corrected chi connectivity index (χ0v) is 11.4. The topological polar surface area (TPSA) is 37.0 Å². The van der Waals surface area contributed by atoms with Gasteiger partial charge in [-0.2, -0.15) is 0 Å². The molecule has 1 aliphatic heterocycles. The Morgan fingerprint density at radius 1 is 1.32 bits per heavy atom. The fourth-order valence-corrected chi connectivity index (χ4v) is 2.86. The first-order valence-electron chi connectivity index (χ1n) is 7.16. The molecule has 19 heavy (non-hydrogen) atoms. The maximum Gasteiger partial charge on any atom is 0.134 e. The van der Waals surface area contributed by atoms with Crippen molar-refractivity contribution in [1.82, 2.24) is 10.3 Å². The van der Waals surface area contributed by atoms with Gasteiger partial charge in [0.1, 0.15) is 5.82 Å². The van der Waals surface area contributed by atoms with Crippen LogP contribution in [0.2, 0.25) is 0 Å². The van der Waals surface area contributed by atoms with Crippen molar-refractivity contribution in [3.63, 3.8) is 0 Å². The maximum absolute atomic E-state index is 4.51. The van der Waals surface area contributed by atoms with E-state index < -0.39 is 0 Å². The number of aromatic nitrogens is 1. The predicted molar refractivity (Wildman–Crippen MR) is 80.6 cm³/mol. The minimum atomic E-state index is 0.579. The second-order valence-corrected chi connectivity index (χ2v) is 5.36. The molecule has 1 aliphatic rings. The van der Waals surface area contributed by atoms with Gasteiger partial charge in [-0.25, -0.2) is 4.98 Å². The Hall–Kier alpha value is -1.61. The SMILES string of the molecule is Cc1cccc2ccnc(NCC3CCCCN3)c12. The van der Waals surface area contributed by atoms with Crippen molar-refractivity contribution in [3.8, 4) is 0 Å². The highest BCUT2D eigenvalue weighted by molar-refractivity contribution is 5.94. The van der Waals surface area contributed by atoms with Gasteiger partial charge in [-0.1, -0.05) is 24.6 Å². The normalized spacial score (nSPS) is 19.5.